The summed E-state index contributed by atoms with van der Waals surface area (Å²) in [6.07, 6.45) is 4.33. The highest BCUT2D eigenvalue weighted by Gasteiger charge is 2.14. The van der Waals surface area contributed by atoms with Crippen molar-refractivity contribution in [2.75, 3.05) is 13.1 Å². The van der Waals surface area contributed by atoms with E-state index in [1.165, 1.54) is 11.1 Å². The maximum atomic E-state index is 6.08. The number of aromatic nitrogens is 2. The largest absolute Gasteiger partial charge is 0.490 e. The number of aryl methyl sites for hydroxylation is 1. The predicted molar refractivity (Wildman–Crippen MR) is 91.9 cm³/mol. The van der Waals surface area contributed by atoms with Crippen LogP contribution in [0.2, 0.25) is 0 Å². The Morgan fingerprint density at radius 3 is 2.61 bits per heavy atom. The van der Waals surface area contributed by atoms with Gasteiger partial charge in [-0.15, -0.1) is 0 Å². The van der Waals surface area contributed by atoms with E-state index in [2.05, 4.69) is 53.7 Å². The summed E-state index contributed by atoms with van der Waals surface area (Å²) < 4.78 is 8.06. The highest BCUT2D eigenvalue weighted by Crippen LogP contribution is 2.27. The van der Waals surface area contributed by atoms with E-state index in [1.54, 1.807) is 0 Å². The Labute approximate surface area is 136 Å². The summed E-state index contributed by atoms with van der Waals surface area (Å²) in [5.41, 5.74) is 4.67. The van der Waals surface area contributed by atoms with Gasteiger partial charge in [0.15, 0.2) is 0 Å². The van der Waals surface area contributed by atoms with Crippen LogP contribution in [0.15, 0.2) is 48.7 Å². The summed E-state index contributed by atoms with van der Waals surface area (Å²) in [6, 6.07) is 14.7. The Bertz CT molecular complexity index is 801. The Balaban J connectivity index is 1.58. The van der Waals surface area contributed by atoms with Crippen molar-refractivity contribution in [1.29, 1.82) is 0 Å². The van der Waals surface area contributed by atoms with Crippen LogP contribution >= 0.6 is 0 Å². The molecule has 1 saturated heterocycles. The van der Waals surface area contributed by atoms with Crippen LogP contribution < -0.4 is 10.1 Å². The number of fused-ring (bicyclic) bond motifs is 1. The second kappa shape index (κ2) is 6.05. The Kier molecular flexibility index (Phi) is 3.75. The number of rotatable bonds is 3. The minimum atomic E-state index is 0.337. The van der Waals surface area contributed by atoms with Crippen LogP contribution in [0.1, 0.15) is 18.5 Å². The van der Waals surface area contributed by atoms with Gasteiger partial charge in [0.05, 0.1) is 5.52 Å². The minimum Gasteiger partial charge on any atom is -0.490 e. The second-order valence-electron chi connectivity index (χ2n) is 6.09. The normalized spacial score (nSPS) is 15.9. The topological polar surface area (TPSA) is 38.6 Å². The first kappa shape index (κ1) is 14.3. The van der Waals surface area contributed by atoms with E-state index < -0.39 is 0 Å². The number of ether oxygens (including phenoxy) is 1. The van der Waals surface area contributed by atoms with Crippen LogP contribution in [0.4, 0.5) is 0 Å². The first-order valence-corrected chi connectivity index (χ1v) is 8.22. The minimum absolute atomic E-state index is 0.337. The van der Waals surface area contributed by atoms with Gasteiger partial charge in [0.2, 0.25) is 0 Å². The van der Waals surface area contributed by atoms with Gasteiger partial charge in [-0.25, -0.2) is 4.52 Å². The number of benzene rings is 1. The molecule has 0 unspecified atom stereocenters. The molecule has 118 valence electrons. The standard InChI is InChI=1S/C19H21N3O/c1-14-19(7-4-16-8-13-21-22(14)16)15-2-5-17(6-3-15)23-18-9-11-20-12-10-18/h2-8,13,18,20H,9-12H2,1H3. The molecule has 1 fully saturated rings. The summed E-state index contributed by atoms with van der Waals surface area (Å²) >= 11 is 0. The van der Waals surface area contributed by atoms with Gasteiger partial charge < -0.3 is 10.1 Å². The van der Waals surface area contributed by atoms with Gasteiger partial charge in [-0.1, -0.05) is 18.2 Å². The molecule has 0 radical (unpaired) electrons. The zero-order valence-electron chi connectivity index (χ0n) is 13.3. The Morgan fingerprint density at radius 2 is 1.83 bits per heavy atom. The van der Waals surface area contributed by atoms with Crippen molar-refractivity contribution in [3.05, 3.63) is 54.4 Å². The Morgan fingerprint density at radius 1 is 1.04 bits per heavy atom. The highest BCUT2D eigenvalue weighted by atomic mass is 16.5. The zero-order valence-corrected chi connectivity index (χ0v) is 13.3. The van der Waals surface area contributed by atoms with Crippen molar-refractivity contribution in [3.8, 4) is 16.9 Å². The summed E-state index contributed by atoms with van der Waals surface area (Å²) in [5.74, 6) is 0.957. The molecule has 0 aliphatic carbocycles. The molecule has 4 rings (SSSR count). The van der Waals surface area contributed by atoms with E-state index in [-0.39, 0.29) is 0 Å². The molecule has 23 heavy (non-hydrogen) atoms. The van der Waals surface area contributed by atoms with Gasteiger partial charge in [-0.05, 0) is 62.7 Å². The first-order chi connectivity index (χ1) is 11.3. The molecule has 4 heteroatoms. The van der Waals surface area contributed by atoms with E-state index >= 15 is 0 Å². The van der Waals surface area contributed by atoms with Crippen LogP contribution in [0, 0.1) is 6.92 Å². The SMILES string of the molecule is Cc1c(-c2ccc(OC3CCNCC3)cc2)ccc2ccnn12. The molecule has 0 amide bonds. The fraction of sp³-hybridized carbons (Fsp3) is 0.316. The molecule has 0 bridgehead atoms. The maximum Gasteiger partial charge on any atom is 0.119 e. The van der Waals surface area contributed by atoms with Crippen LogP contribution in [-0.4, -0.2) is 28.8 Å². The van der Waals surface area contributed by atoms with Crippen molar-refractivity contribution in [2.24, 2.45) is 0 Å². The quantitative estimate of drug-likeness (QED) is 0.805. The maximum absolute atomic E-state index is 6.08. The first-order valence-electron chi connectivity index (χ1n) is 8.22. The van der Waals surface area contributed by atoms with Crippen molar-refractivity contribution >= 4 is 5.52 Å². The molecule has 0 atom stereocenters. The number of piperidine rings is 1. The molecule has 3 aromatic rings. The van der Waals surface area contributed by atoms with Gasteiger partial charge in [0.25, 0.3) is 0 Å². The van der Waals surface area contributed by atoms with E-state index in [0.717, 1.165) is 42.9 Å². The molecule has 2 aromatic heterocycles. The lowest BCUT2D eigenvalue weighted by atomic mass is 10.0. The highest BCUT2D eigenvalue weighted by molar-refractivity contribution is 5.69. The lowest BCUT2D eigenvalue weighted by molar-refractivity contribution is 0.162. The lowest BCUT2D eigenvalue weighted by Gasteiger charge is -2.23. The fourth-order valence-electron chi connectivity index (χ4n) is 3.25. The predicted octanol–water partition coefficient (Wildman–Crippen LogP) is 3.44. The van der Waals surface area contributed by atoms with Crippen molar-refractivity contribution in [2.45, 2.75) is 25.9 Å². The molecule has 1 aromatic carbocycles. The van der Waals surface area contributed by atoms with E-state index in [9.17, 15) is 0 Å². The van der Waals surface area contributed by atoms with Gasteiger partial charge in [-0.3, -0.25) is 0 Å². The number of nitrogens with one attached hydrogen (secondary N) is 1. The lowest BCUT2D eigenvalue weighted by Crippen LogP contribution is -2.34. The average molecular weight is 307 g/mol. The van der Waals surface area contributed by atoms with E-state index in [0.29, 0.717) is 6.10 Å². The molecule has 4 nitrogen and oxygen atoms in total. The number of nitrogens with zero attached hydrogens (tertiary/aromatic N) is 2. The summed E-state index contributed by atoms with van der Waals surface area (Å²) in [4.78, 5) is 0. The summed E-state index contributed by atoms with van der Waals surface area (Å²) in [5, 5.41) is 7.75. The van der Waals surface area contributed by atoms with Gasteiger partial charge in [0.1, 0.15) is 11.9 Å². The van der Waals surface area contributed by atoms with Crippen LogP contribution in [0.5, 0.6) is 5.75 Å². The second-order valence-corrected chi connectivity index (χ2v) is 6.09. The third kappa shape index (κ3) is 2.82. The summed E-state index contributed by atoms with van der Waals surface area (Å²) in [6.45, 7) is 4.20. The molecule has 0 saturated carbocycles. The fourth-order valence-corrected chi connectivity index (χ4v) is 3.25. The third-order valence-corrected chi connectivity index (χ3v) is 4.55. The molecule has 3 heterocycles. The molecule has 1 aliphatic rings. The Hall–Kier alpha value is -2.33. The average Bonchev–Trinajstić information content (AvgIpc) is 3.07. The number of hydrogen-bond acceptors (Lipinski definition) is 3. The van der Waals surface area contributed by atoms with Crippen LogP contribution in [0.25, 0.3) is 16.6 Å². The van der Waals surface area contributed by atoms with Crippen LogP contribution in [-0.2, 0) is 0 Å². The van der Waals surface area contributed by atoms with Crippen molar-refractivity contribution in [1.82, 2.24) is 14.9 Å². The van der Waals surface area contributed by atoms with Gasteiger partial charge >= 0.3 is 0 Å². The van der Waals surface area contributed by atoms with E-state index in [4.69, 9.17) is 4.74 Å². The third-order valence-electron chi connectivity index (χ3n) is 4.55. The number of hydrogen-bond donors (Lipinski definition) is 1. The molecule has 1 aliphatic heterocycles. The monoisotopic (exact) mass is 307 g/mol. The number of pyridine rings is 1. The van der Waals surface area contributed by atoms with Crippen molar-refractivity contribution in [3.63, 3.8) is 0 Å². The summed E-state index contributed by atoms with van der Waals surface area (Å²) in [7, 11) is 0. The van der Waals surface area contributed by atoms with Gasteiger partial charge in [-0.2, -0.15) is 5.10 Å². The molecular formula is C19H21N3O. The molecular weight excluding hydrogens is 286 g/mol. The van der Waals surface area contributed by atoms with Crippen molar-refractivity contribution < 1.29 is 4.74 Å². The van der Waals surface area contributed by atoms with Crippen LogP contribution in [0.3, 0.4) is 0 Å². The van der Waals surface area contributed by atoms with E-state index in [1.807, 2.05) is 16.8 Å². The molecule has 1 N–H and O–H groups in total. The molecule has 0 spiro atoms. The smallest absolute Gasteiger partial charge is 0.119 e. The zero-order chi connectivity index (χ0) is 15.6. The van der Waals surface area contributed by atoms with Gasteiger partial charge in [0, 0.05) is 17.5 Å².